The molecule has 1 heterocycles. The number of anilines is 1. The van der Waals surface area contributed by atoms with E-state index in [-0.39, 0.29) is 19.1 Å². The first-order valence-corrected chi connectivity index (χ1v) is 5.90. The molecule has 90 valence electrons. The zero-order valence-corrected chi connectivity index (χ0v) is 10.2. The first-order chi connectivity index (χ1) is 7.63. The Labute approximate surface area is 98.1 Å². The van der Waals surface area contributed by atoms with Crippen molar-refractivity contribution >= 4 is 22.4 Å². The van der Waals surface area contributed by atoms with Gasteiger partial charge in [-0.25, -0.2) is 0 Å². The number of nitrogens with one attached hydrogen (secondary N) is 2. The van der Waals surface area contributed by atoms with E-state index in [9.17, 15) is 4.79 Å². The van der Waals surface area contributed by atoms with E-state index in [1.165, 1.54) is 11.3 Å². The van der Waals surface area contributed by atoms with Crippen molar-refractivity contribution in [2.75, 3.05) is 25.0 Å². The summed E-state index contributed by atoms with van der Waals surface area (Å²) >= 11 is 1.38. The normalized spacial score (nSPS) is 10.8. The lowest BCUT2D eigenvalue weighted by molar-refractivity contribution is -0.115. The van der Waals surface area contributed by atoms with Crippen LogP contribution in [0.4, 0.5) is 5.13 Å². The van der Waals surface area contributed by atoms with Gasteiger partial charge < -0.3 is 10.4 Å². The van der Waals surface area contributed by atoms with Gasteiger partial charge in [-0.05, 0) is 0 Å². The van der Waals surface area contributed by atoms with Crippen LogP contribution < -0.4 is 10.6 Å². The van der Waals surface area contributed by atoms with Gasteiger partial charge in [0.1, 0.15) is 5.01 Å². The average molecular weight is 244 g/mol. The van der Waals surface area contributed by atoms with E-state index in [0.29, 0.717) is 17.6 Å². The zero-order valence-electron chi connectivity index (χ0n) is 9.36. The Hall–Kier alpha value is -1.05. The van der Waals surface area contributed by atoms with Crippen molar-refractivity contribution in [1.29, 1.82) is 0 Å². The van der Waals surface area contributed by atoms with Crippen LogP contribution in [0.2, 0.25) is 0 Å². The van der Waals surface area contributed by atoms with Crippen LogP contribution in [-0.2, 0) is 4.79 Å². The fourth-order valence-corrected chi connectivity index (χ4v) is 1.72. The number of carbonyl (C=O) groups excluding carboxylic acids is 1. The number of amides is 1. The Morgan fingerprint density at radius 2 is 2.25 bits per heavy atom. The molecule has 0 atom stereocenters. The highest BCUT2D eigenvalue weighted by molar-refractivity contribution is 7.15. The third-order valence-corrected chi connectivity index (χ3v) is 2.89. The predicted octanol–water partition coefficient (Wildman–Crippen LogP) is 0.182. The molecule has 1 amide bonds. The van der Waals surface area contributed by atoms with Gasteiger partial charge in [0, 0.05) is 12.5 Å². The van der Waals surface area contributed by atoms with E-state index < -0.39 is 0 Å². The molecule has 0 saturated heterocycles. The Kier molecular flexibility index (Phi) is 5.30. The van der Waals surface area contributed by atoms with Crippen LogP contribution in [0.5, 0.6) is 0 Å². The summed E-state index contributed by atoms with van der Waals surface area (Å²) in [7, 11) is 0. The van der Waals surface area contributed by atoms with Gasteiger partial charge in [-0.1, -0.05) is 25.2 Å². The summed E-state index contributed by atoms with van der Waals surface area (Å²) in [6.07, 6.45) is 0. The molecule has 0 aliphatic carbocycles. The second kappa shape index (κ2) is 6.51. The summed E-state index contributed by atoms with van der Waals surface area (Å²) in [5.74, 6) is 0.135. The minimum Gasteiger partial charge on any atom is -0.395 e. The number of hydrogen-bond donors (Lipinski definition) is 3. The minimum absolute atomic E-state index is 0.0174. The Morgan fingerprint density at radius 1 is 1.50 bits per heavy atom. The van der Waals surface area contributed by atoms with Gasteiger partial charge in [0.15, 0.2) is 0 Å². The van der Waals surface area contributed by atoms with Crippen LogP contribution in [0.15, 0.2) is 0 Å². The lowest BCUT2D eigenvalue weighted by Gasteiger charge is -2.01. The highest BCUT2D eigenvalue weighted by atomic mass is 32.1. The van der Waals surface area contributed by atoms with Gasteiger partial charge in [0.05, 0.1) is 13.2 Å². The molecule has 0 aliphatic heterocycles. The first kappa shape index (κ1) is 13.0. The molecule has 7 heteroatoms. The summed E-state index contributed by atoms with van der Waals surface area (Å²) in [6, 6.07) is 0. The van der Waals surface area contributed by atoms with Crippen LogP contribution in [-0.4, -0.2) is 40.9 Å². The molecular formula is C9H16N4O2S. The largest absolute Gasteiger partial charge is 0.395 e. The summed E-state index contributed by atoms with van der Waals surface area (Å²) in [5, 5.41) is 23.2. The number of carbonyl (C=O) groups is 1. The summed E-state index contributed by atoms with van der Waals surface area (Å²) in [6.45, 7) is 4.63. The third kappa shape index (κ3) is 4.21. The lowest BCUT2D eigenvalue weighted by atomic mass is 10.2. The fraction of sp³-hybridized carbons (Fsp3) is 0.667. The van der Waals surface area contributed by atoms with Crippen molar-refractivity contribution in [2.45, 2.75) is 19.8 Å². The maximum atomic E-state index is 11.4. The molecule has 0 fully saturated rings. The second-order valence-corrected chi connectivity index (χ2v) is 4.56. The molecule has 0 bridgehead atoms. The Morgan fingerprint density at radius 3 is 2.81 bits per heavy atom. The molecule has 6 nitrogen and oxygen atoms in total. The van der Waals surface area contributed by atoms with Crippen molar-refractivity contribution in [1.82, 2.24) is 15.5 Å². The molecule has 1 aromatic rings. The van der Waals surface area contributed by atoms with Crippen LogP contribution in [0.3, 0.4) is 0 Å². The van der Waals surface area contributed by atoms with Crippen LogP contribution in [0.1, 0.15) is 24.8 Å². The van der Waals surface area contributed by atoms with Gasteiger partial charge in [-0.15, -0.1) is 10.2 Å². The Balaban J connectivity index is 2.37. The van der Waals surface area contributed by atoms with Gasteiger partial charge in [-0.2, -0.15) is 0 Å². The minimum atomic E-state index is -0.181. The number of aliphatic hydroxyl groups is 1. The SMILES string of the molecule is CC(C)c1nnc(NC(=O)CNCCO)s1. The molecule has 0 radical (unpaired) electrons. The fourth-order valence-electron chi connectivity index (χ4n) is 0.963. The standard InChI is InChI=1S/C9H16N4O2S/c1-6(2)8-12-13-9(16-8)11-7(15)5-10-3-4-14/h6,10,14H,3-5H2,1-2H3,(H,11,13,15). The van der Waals surface area contributed by atoms with E-state index in [0.717, 1.165) is 5.01 Å². The van der Waals surface area contributed by atoms with Crippen molar-refractivity contribution in [3.63, 3.8) is 0 Å². The number of aliphatic hydroxyl groups excluding tert-OH is 1. The van der Waals surface area contributed by atoms with Gasteiger partial charge in [0.2, 0.25) is 11.0 Å². The van der Waals surface area contributed by atoms with E-state index in [4.69, 9.17) is 5.11 Å². The van der Waals surface area contributed by atoms with E-state index in [2.05, 4.69) is 20.8 Å². The highest BCUT2D eigenvalue weighted by Crippen LogP contribution is 2.21. The molecule has 0 aromatic carbocycles. The maximum Gasteiger partial charge on any atom is 0.240 e. The number of nitrogens with zero attached hydrogens (tertiary/aromatic N) is 2. The van der Waals surface area contributed by atoms with Crippen molar-refractivity contribution in [3.05, 3.63) is 5.01 Å². The maximum absolute atomic E-state index is 11.4. The third-order valence-electron chi connectivity index (χ3n) is 1.76. The number of hydrogen-bond acceptors (Lipinski definition) is 6. The van der Waals surface area contributed by atoms with Crippen LogP contribution >= 0.6 is 11.3 Å². The zero-order chi connectivity index (χ0) is 12.0. The van der Waals surface area contributed by atoms with E-state index in [1.807, 2.05) is 13.8 Å². The van der Waals surface area contributed by atoms with E-state index >= 15 is 0 Å². The van der Waals surface area contributed by atoms with Crippen LogP contribution in [0, 0.1) is 0 Å². The molecule has 16 heavy (non-hydrogen) atoms. The molecule has 0 saturated carbocycles. The average Bonchev–Trinajstić information content (AvgIpc) is 2.66. The van der Waals surface area contributed by atoms with E-state index in [1.54, 1.807) is 0 Å². The van der Waals surface area contributed by atoms with Crippen molar-refractivity contribution in [3.8, 4) is 0 Å². The Bertz CT molecular complexity index is 340. The molecule has 0 aliphatic rings. The summed E-state index contributed by atoms with van der Waals surface area (Å²) < 4.78 is 0. The summed E-state index contributed by atoms with van der Waals surface area (Å²) in [4.78, 5) is 11.4. The first-order valence-electron chi connectivity index (χ1n) is 5.08. The van der Waals surface area contributed by atoms with Gasteiger partial charge in [-0.3, -0.25) is 10.1 Å². The number of rotatable bonds is 6. The van der Waals surface area contributed by atoms with Gasteiger partial charge in [0.25, 0.3) is 0 Å². The monoisotopic (exact) mass is 244 g/mol. The molecule has 1 rings (SSSR count). The van der Waals surface area contributed by atoms with Crippen LogP contribution in [0.25, 0.3) is 0 Å². The molecule has 1 aromatic heterocycles. The molecule has 0 unspecified atom stereocenters. The predicted molar refractivity (Wildman–Crippen MR) is 62.6 cm³/mol. The quantitative estimate of drug-likeness (QED) is 0.621. The summed E-state index contributed by atoms with van der Waals surface area (Å²) in [5.41, 5.74) is 0. The molecular weight excluding hydrogens is 228 g/mol. The second-order valence-electron chi connectivity index (χ2n) is 3.55. The topological polar surface area (TPSA) is 87.1 Å². The lowest BCUT2D eigenvalue weighted by Crippen LogP contribution is -2.29. The van der Waals surface area contributed by atoms with Gasteiger partial charge >= 0.3 is 0 Å². The smallest absolute Gasteiger partial charge is 0.240 e. The number of aromatic nitrogens is 2. The highest BCUT2D eigenvalue weighted by Gasteiger charge is 2.09. The van der Waals surface area contributed by atoms with Crippen molar-refractivity contribution < 1.29 is 9.90 Å². The molecule has 3 N–H and O–H groups in total. The molecule has 0 spiro atoms. The van der Waals surface area contributed by atoms with Crippen molar-refractivity contribution in [2.24, 2.45) is 0 Å².